The van der Waals surface area contributed by atoms with E-state index in [-0.39, 0.29) is 13.2 Å². The second-order valence-corrected chi connectivity index (χ2v) is 7.00. The van der Waals surface area contributed by atoms with Gasteiger partial charge in [0, 0.05) is 10.0 Å². The Balaban J connectivity index is 3.19. The molecule has 0 radical (unpaired) electrons. The lowest BCUT2D eigenvalue weighted by Gasteiger charge is -2.25. The highest BCUT2D eigenvalue weighted by atomic mass is 79.9. The van der Waals surface area contributed by atoms with E-state index in [1.165, 1.54) is 0 Å². The van der Waals surface area contributed by atoms with E-state index in [1.54, 1.807) is 26.0 Å². The van der Waals surface area contributed by atoms with Gasteiger partial charge in [-0.25, -0.2) is 0 Å². The molecule has 0 aliphatic rings. The first kappa shape index (κ1) is 17.7. The monoisotopic (exact) mass is 365 g/mol. The first-order valence-electron chi connectivity index (χ1n) is 6.55. The number of rotatable bonds is 8. The number of halogens is 1. The Hall–Kier alpha value is -0.390. The van der Waals surface area contributed by atoms with Crippen LogP contribution >= 0.6 is 23.5 Å². The summed E-state index contributed by atoms with van der Waals surface area (Å²) in [6, 6.07) is 5.40. The van der Waals surface area contributed by atoms with Gasteiger partial charge in [0.05, 0.1) is 19.8 Å². The molecule has 0 aliphatic heterocycles. The number of nitrogens with two attached hydrogens (primary N) is 1. The van der Waals surface area contributed by atoms with Crippen molar-refractivity contribution in [2.45, 2.75) is 26.6 Å². The van der Waals surface area contributed by atoms with Gasteiger partial charge in [-0.05, 0) is 39.0 Å². The minimum atomic E-state index is -3.43. The van der Waals surface area contributed by atoms with Crippen LogP contribution in [0.25, 0.3) is 0 Å². The molecule has 0 unspecified atom stereocenters. The van der Waals surface area contributed by atoms with Crippen LogP contribution < -0.4 is 10.5 Å². The summed E-state index contributed by atoms with van der Waals surface area (Å²) in [7, 11) is -3.43. The highest BCUT2D eigenvalue weighted by Crippen LogP contribution is 2.59. The third-order valence-electron chi connectivity index (χ3n) is 2.55. The van der Waals surface area contributed by atoms with Gasteiger partial charge in [0.15, 0.2) is 0 Å². The van der Waals surface area contributed by atoms with Gasteiger partial charge in [-0.2, -0.15) is 0 Å². The van der Waals surface area contributed by atoms with Gasteiger partial charge in [-0.15, -0.1) is 0 Å². The summed E-state index contributed by atoms with van der Waals surface area (Å²) in [6.45, 7) is 6.41. The average Bonchev–Trinajstić information content (AvgIpc) is 2.41. The van der Waals surface area contributed by atoms with Crippen LogP contribution in [-0.2, 0) is 13.6 Å². The lowest BCUT2D eigenvalue weighted by atomic mass is 10.2. The molecular weight excluding hydrogens is 345 g/mol. The third kappa shape index (κ3) is 4.30. The van der Waals surface area contributed by atoms with Gasteiger partial charge in [-0.3, -0.25) is 4.57 Å². The largest absolute Gasteiger partial charge is 0.494 e. The summed E-state index contributed by atoms with van der Waals surface area (Å²) in [6.07, 6.45) is 0. The van der Waals surface area contributed by atoms with Crippen molar-refractivity contribution in [2.24, 2.45) is 5.73 Å². The minimum absolute atomic E-state index is 0.267. The van der Waals surface area contributed by atoms with Gasteiger partial charge in [0.25, 0.3) is 0 Å². The van der Waals surface area contributed by atoms with Crippen molar-refractivity contribution in [3.05, 3.63) is 28.2 Å². The van der Waals surface area contributed by atoms with Crippen LogP contribution in [0.5, 0.6) is 5.75 Å². The maximum absolute atomic E-state index is 12.7. The predicted octanol–water partition coefficient (Wildman–Crippen LogP) is 4.07. The zero-order valence-electron chi connectivity index (χ0n) is 12.0. The number of benzene rings is 1. The van der Waals surface area contributed by atoms with Crippen LogP contribution in [0.3, 0.4) is 0 Å². The van der Waals surface area contributed by atoms with Gasteiger partial charge < -0.3 is 19.5 Å². The second-order valence-electron chi connectivity index (χ2n) is 3.94. The fourth-order valence-electron chi connectivity index (χ4n) is 1.77. The highest BCUT2D eigenvalue weighted by molar-refractivity contribution is 9.10. The molecule has 1 aromatic carbocycles. The zero-order valence-corrected chi connectivity index (χ0v) is 14.4. The molecule has 0 spiro atoms. The number of ether oxygens (including phenoxy) is 1. The van der Waals surface area contributed by atoms with Crippen molar-refractivity contribution < 1.29 is 18.3 Å². The Morgan fingerprint density at radius 2 is 1.80 bits per heavy atom. The Morgan fingerprint density at radius 3 is 2.30 bits per heavy atom. The van der Waals surface area contributed by atoms with Crippen LogP contribution in [0.4, 0.5) is 0 Å². The lowest BCUT2D eigenvalue weighted by Crippen LogP contribution is -2.16. The fourth-order valence-corrected chi connectivity index (χ4v) is 3.80. The van der Waals surface area contributed by atoms with Crippen molar-refractivity contribution in [2.75, 3.05) is 19.8 Å². The topological polar surface area (TPSA) is 70.8 Å². The van der Waals surface area contributed by atoms with Gasteiger partial charge in [0.2, 0.25) is 0 Å². The quantitative estimate of drug-likeness (QED) is 0.703. The van der Waals surface area contributed by atoms with Gasteiger partial charge in [0.1, 0.15) is 11.5 Å². The van der Waals surface area contributed by atoms with Crippen molar-refractivity contribution in [1.29, 1.82) is 0 Å². The van der Waals surface area contributed by atoms with E-state index in [0.717, 1.165) is 4.47 Å². The SMILES string of the molecule is CCOc1ccc(Br)cc1[C@H](N)P(=O)(OCC)OCC. The van der Waals surface area contributed by atoms with Crippen LogP contribution in [0.1, 0.15) is 32.1 Å². The maximum Gasteiger partial charge on any atom is 0.351 e. The lowest BCUT2D eigenvalue weighted by molar-refractivity contribution is 0.211. The molecule has 20 heavy (non-hydrogen) atoms. The highest BCUT2D eigenvalue weighted by Gasteiger charge is 2.35. The van der Waals surface area contributed by atoms with Gasteiger partial charge in [-0.1, -0.05) is 15.9 Å². The Morgan fingerprint density at radius 1 is 1.20 bits per heavy atom. The minimum Gasteiger partial charge on any atom is -0.494 e. The van der Waals surface area contributed by atoms with E-state index < -0.39 is 13.4 Å². The molecule has 0 saturated carbocycles. The van der Waals surface area contributed by atoms with Crippen LogP contribution in [0.15, 0.2) is 22.7 Å². The summed E-state index contributed by atoms with van der Waals surface area (Å²) in [5.74, 6) is -0.302. The Kier molecular flexibility index (Phi) is 7.20. The van der Waals surface area contributed by atoms with Crippen molar-refractivity contribution in [3.63, 3.8) is 0 Å². The van der Waals surface area contributed by atoms with Crippen LogP contribution in [0.2, 0.25) is 0 Å². The van der Waals surface area contributed by atoms with E-state index in [4.69, 9.17) is 19.5 Å². The molecule has 2 N–H and O–H groups in total. The summed E-state index contributed by atoms with van der Waals surface area (Å²) in [4.78, 5) is 0. The van der Waals surface area contributed by atoms with Crippen LogP contribution in [-0.4, -0.2) is 19.8 Å². The molecule has 0 amide bonds. The summed E-state index contributed by atoms with van der Waals surface area (Å²) < 4.78 is 29.7. The van der Waals surface area contributed by atoms with Crippen molar-refractivity contribution in [1.82, 2.24) is 0 Å². The molecule has 114 valence electrons. The Labute approximate surface area is 128 Å². The van der Waals surface area contributed by atoms with Crippen LogP contribution in [0, 0.1) is 0 Å². The van der Waals surface area contributed by atoms with E-state index in [9.17, 15) is 4.57 Å². The molecule has 1 rings (SSSR count). The van der Waals surface area contributed by atoms with Gasteiger partial charge >= 0.3 is 7.60 Å². The smallest absolute Gasteiger partial charge is 0.351 e. The molecule has 5 nitrogen and oxygen atoms in total. The van der Waals surface area contributed by atoms with Crippen molar-refractivity contribution in [3.8, 4) is 5.75 Å². The van der Waals surface area contributed by atoms with E-state index in [0.29, 0.717) is 17.9 Å². The standard InChI is InChI=1S/C13H21BrNO4P/c1-4-17-12-8-7-10(14)9-11(12)13(15)20(16,18-5-2)19-6-3/h7-9,13H,4-6,15H2,1-3H3/t13-/m1/s1. The molecule has 0 fully saturated rings. The number of hydrogen-bond acceptors (Lipinski definition) is 5. The molecule has 0 aromatic heterocycles. The predicted molar refractivity (Wildman–Crippen MR) is 83.1 cm³/mol. The summed E-state index contributed by atoms with van der Waals surface area (Å²) >= 11 is 3.38. The first-order chi connectivity index (χ1) is 9.48. The summed E-state index contributed by atoms with van der Waals surface area (Å²) in [5, 5.41) is 0. The van der Waals surface area contributed by atoms with E-state index >= 15 is 0 Å². The fraction of sp³-hybridized carbons (Fsp3) is 0.538. The zero-order chi connectivity index (χ0) is 15.2. The third-order valence-corrected chi connectivity index (χ3v) is 5.24. The van der Waals surface area contributed by atoms with Crippen molar-refractivity contribution >= 4 is 23.5 Å². The second kappa shape index (κ2) is 8.15. The summed E-state index contributed by atoms with van der Waals surface area (Å²) in [5.41, 5.74) is 6.73. The Bertz CT molecular complexity index is 473. The van der Waals surface area contributed by atoms with E-state index in [1.807, 2.05) is 13.0 Å². The molecule has 1 atom stereocenters. The normalized spacial score (nSPS) is 13.2. The molecular formula is C13H21BrNO4P. The maximum atomic E-state index is 12.7. The molecule has 0 saturated heterocycles. The van der Waals surface area contributed by atoms with E-state index in [2.05, 4.69) is 15.9 Å². The molecule has 0 heterocycles. The molecule has 7 heteroatoms. The number of hydrogen-bond donors (Lipinski definition) is 1. The first-order valence-corrected chi connectivity index (χ1v) is 8.95. The molecule has 0 bridgehead atoms. The molecule has 0 aliphatic carbocycles. The molecule has 1 aromatic rings. The average molecular weight is 366 g/mol.